The number of thiophene rings is 1. The van der Waals surface area contributed by atoms with Gasteiger partial charge in [-0.25, -0.2) is 4.98 Å². The number of nitrogens with one attached hydrogen (secondary N) is 1. The first kappa shape index (κ1) is 11.6. The Morgan fingerprint density at radius 3 is 3.06 bits per heavy atom. The summed E-state index contributed by atoms with van der Waals surface area (Å²) >= 11 is 1.75. The number of anilines is 1. The fourth-order valence-corrected chi connectivity index (χ4v) is 2.49. The van der Waals surface area contributed by atoms with Gasteiger partial charge in [0, 0.05) is 23.5 Å². The van der Waals surface area contributed by atoms with Crippen LogP contribution in [0.3, 0.4) is 0 Å². The van der Waals surface area contributed by atoms with E-state index in [9.17, 15) is 0 Å². The van der Waals surface area contributed by atoms with Crippen molar-refractivity contribution in [2.75, 3.05) is 5.32 Å². The van der Waals surface area contributed by atoms with E-state index in [0.717, 1.165) is 12.1 Å². The van der Waals surface area contributed by atoms with E-state index in [0.29, 0.717) is 5.69 Å². The van der Waals surface area contributed by atoms with Crippen molar-refractivity contribution in [3.63, 3.8) is 0 Å². The van der Waals surface area contributed by atoms with Gasteiger partial charge in [0.2, 0.25) is 0 Å². The van der Waals surface area contributed by atoms with Crippen molar-refractivity contribution in [3.05, 3.63) is 46.4 Å². The zero-order valence-electron chi connectivity index (χ0n) is 9.55. The van der Waals surface area contributed by atoms with Crippen molar-refractivity contribution in [1.29, 1.82) is 5.26 Å². The average Bonchev–Trinajstić information content (AvgIpc) is 2.82. The molecule has 0 saturated heterocycles. The molecule has 3 nitrogen and oxygen atoms in total. The Kier molecular flexibility index (Phi) is 3.73. The Bertz CT molecular complexity index is 514. The molecule has 1 atom stereocenters. The van der Waals surface area contributed by atoms with Crippen molar-refractivity contribution in [2.45, 2.75) is 19.4 Å². The van der Waals surface area contributed by atoms with Gasteiger partial charge in [0.15, 0.2) is 5.69 Å². The summed E-state index contributed by atoms with van der Waals surface area (Å²) in [6.07, 6.45) is 2.59. The Balaban J connectivity index is 2.03. The Morgan fingerprint density at radius 1 is 1.47 bits per heavy atom. The van der Waals surface area contributed by atoms with E-state index in [1.54, 1.807) is 17.5 Å². The molecule has 0 fully saturated rings. The predicted octanol–water partition coefficient (Wildman–Crippen LogP) is 3.06. The molecule has 0 aromatic carbocycles. The second-order valence-corrected chi connectivity index (χ2v) is 4.87. The fourth-order valence-electron chi connectivity index (χ4n) is 1.66. The van der Waals surface area contributed by atoms with Gasteiger partial charge in [-0.3, -0.25) is 0 Å². The van der Waals surface area contributed by atoms with Crippen LogP contribution in [0.15, 0.2) is 35.8 Å². The van der Waals surface area contributed by atoms with E-state index in [2.05, 4.69) is 40.8 Å². The molecule has 2 rings (SSSR count). The average molecular weight is 243 g/mol. The number of hydrogen-bond donors (Lipinski definition) is 1. The molecular weight excluding hydrogens is 230 g/mol. The summed E-state index contributed by atoms with van der Waals surface area (Å²) < 4.78 is 0. The van der Waals surface area contributed by atoms with E-state index in [1.807, 2.05) is 12.1 Å². The summed E-state index contributed by atoms with van der Waals surface area (Å²) in [5, 5.41) is 14.3. The zero-order chi connectivity index (χ0) is 12.1. The van der Waals surface area contributed by atoms with Gasteiger partial charge in [-0.15, -0.1) is 11.3 Å². The van der Waals surface area contributed by atoms with Crippen LogP contribution in [0.4, 0.5) is 5.69 Å². The minimum atomic E-state index is 0.282. The van der Waals surface area contributed by atoms with Crippen molar-refractivity contribution in [2.24, 2.45) is 0 Å². The monoisotopic (exact) mass is 243 g/mol. The SMILES string of the molecule is CC(Cc1cccs1)Nc1cccnc1C#N. The minimum absolute atomic E-state index is 0.282. The molecule has 0 aliphatic heterocycles. The largest absolute Gasteiger partial charge is 0.380 e. The number of nitrogens with zero attached hydrogens (tertiary/aromatic N) is 2. The summed E-state index contributed by atoms with van der Waals surface area (Å²) in [7, 11) is 0. The van der Waals surface area contributed by atoms with E-state index in [4.69, 9.17) is 5.26 Å². The number of rotatable bonds is 4. The second kappa shape index (κ2) is 5.46. The van der Waals surface area contributed by atoms with Crippen LogP contribution in [0.25, 0.3) is 0 Å². The summed E-state index contributed by atoms with van der Waals surface area (Å²) in [5.74, 6) is 0. The topological polar surface area (TPSA) is 48.7 Å². The van der Waals surface area contributed by atoms with Gasteiger partial charge < -0.3 is 5.32 Å². The summed E-state index contributed by atoms with van der Waals surface area (Å²) in [4.78, 5) is 5.37. The van der Waals surface area contributed by atoms with Crippen LogP contribution >= 0.6 is 11.3 Å². The first-order valence-corrected chi connectivity index (χ1v) is 6.31. The van der Waals surface area contributed by atoms with Gasteiger partial charge in [0.1, 0.15) is 6.07 Å². The van der Waals surface area contributed by atoms with E-state index >= 15 is 0 Å². The molecule has 2 aromatic heterocycles. The van der Waals surface area contributed by atoms with Crippen LogP contribution in [0.1, 0.15) is 17.5 Å². The lowest BCUT2D eigenvalue weighted by Crippen LogP contribution is -2.18. The molecule has 0 aliphatic rings. The summed E-state index contributed by atoms with van der Waals surface area (Å²) in [5.41, 5.74) is 1.25. The first-order chi connectivity index (χ1) is 8.29. The molecule has 17 heavy (non-hydrogen) atoms. The van der Waals surface area contributed by atoms with Gasteiger partial charge in [0.25, 0.3) is 0 Å². The molecular formula is C13H13N3S. The predicted molar refractivity (Wildman–Crippen MR) is 70.1 cm³/mol. The summed E-state index contributed by atoms with van der Waals surface area (Å²) in [6.45, 7) is 2.11. The third kappa shape index (κ3) is 3.05. The van der Waals surface area contributed by atoms with Crippen molar-refractivity contribution < 1.29 is 0 Å². The number of nitriles is 1. The minimum Gasteiger partial charge on any atom is -0.380 e. The van der Waals surface area contributed by atoms with Gasteiger partial charge >= 0.3 is 0 Å². The van der Waals surface area contributed by atoms with E-state index in [1.165, 1.54) is 4.88 Å². The highest BCUT2D eigenvalue weighted by Crippen LogP contribution is 2.16. The molecule has 0 spiro atoms. The highest BCUT2D eigenvalue weighted by atomic mass is 32.1. The van der Waals surface area contributed by atoms with Gasteiger partial charge in [-0.1, -0.05) is 6.07 Å². The normalized spacial score (nSPS) is 11.8. The first-order valence-electron chi connectivity index (χ1n) is 5.43. The molecule has 0 saturated carbocycles. The molecule has 0 radical (unpaired) electrons. The maximum atomic E-state index is 8.94. The van der Waals surface area contributed by atoms with Crippen LogP contribution in [-0.2, 0) is 6.42 Å². The number of hydrogen-bond acceptors (Lipinski definition) is 4. The molecule has 0 aliphatic carbocycles. The van der Waals surface area contributed by atoms with Crippen molar-refractivity contribution >= 4 is 17.0 Å². The Morgan fingerprint density at radius 2 is 2.35 bits per heavy atom. The molecule has 0 amide bonds. The maximum absolute atomic E-state index is 8.94. The second-order valence-electron chi connectivity index (χ2n) is 3.84. The highest BCUT2D eigenvalue weighted by molar-refractivity contribution is 7.09. The lowest BCUT2D eigenvalue weighted by Gasteiger charge is -2.14. The Hall–Kier alpha value is -1.86. The van der Waals surface area contributed by atoms with Gasteiger partial charge in [-0.2, -0.15) is 5.26 Å². The van der Waals surface area contributed by atoms with Crippen LogP contribution in [0.5, 0.6) is 0 Å². The Labute approximate surface area is 105 Å². The van der Waals surface area contributed by atoms with Crippen LogP contribution in [0, 0.1) is 11.3 Å². The lowest BCUT2D eigenvalue weighted by atomic mass is 10.2. The van der Waals surface area contributed by atoms with Crippen LogP contribution in [-0.4, -0.2) is 11.0 Å². The molecule has 2 aromatic rings. The van der Waals surface area contributed by atoms with Gasteiger partial charge in [-0.05, 0) is 30.5 Å². The van der Waals surface area contributed by atoms with Gasteiger partial charge in [0.05, 0.1) is 5.69 Å². The number of aromatic nitrogens is 1. The fraction of sp³-hybridized carbons (Fsp3) is 0.231. The van der Waals surface area contributed by atoms with E-state index in [-0.39, 0.29) is 6.04 Å². The van der Waals surface area contributed by atoms with Crippen LogP contribution < -0.4 is 5.32 Å². The molecule has 86 valence electrons. The highest BCUT2D eigenvalue weighted by Gasteiger charge is 2.07. The molecule has 0 bridgehead atoms. The van der Waals surface area contributed by atoms with Crippen molar-refractivity contribution in [3.8, 4) is 6.07 Å². The van der Waals surface area contributed by atoms with E-state index < -0.39 is 0 Å². The lowest BCUT2D eigenvalue weighted by molar-refractivity contribution is 0.799. The quantitative estimate of drug-likeness (QED) is 0.897. The maximum Gasteiger partial charge on any atom is 0.163 e. The number of pyridine rings is 1. The zero-order valence-corrected chi connectivity index (χ0v) is 10.4. The molecule has 1 unspecified atom stereocenters. The third-order valence-electron chi connectivity index (χ3n) is 2.40. The van der Waals surface area contributed by atoms with Crippen LogP contribution in [0.2, 0.25) is 0 Å². The molecule has 4 heteroatoms. The summed E-state index contributed by atoms with van der Waals surface area (Å²) in [6, 6.07) is 10.3. The third-order valence-corrected chi connectivity index (χ3v) is 3.30. The smallest absolute Gasteiger partial charge is 0.163 e. The molecule has 2 heterocycles. The van der Waals surface area contributed by atoms with Crippen molar-refractivity contribution in [1.82, 2.24) is 4.98 Å². The standard InChI is InChI=1S/C13H13N3S/c1-10(8-11-4-3-7-17-11)16-12-5-2-6-15-13(12)9-14/h2-7,10,16H,8H2,1H3. The molecule has 1 N–H and O–H groups in total.